The molecule has 0 aliphatic carbocycles. The van der Waals surface area contributed by atoms with Gasteiger partial charge in [0.2, 0.25) is 0 Å². The lowest BCUT2D eigenvalue weighted by molar-refractivity contribution is 0.232. The van der Waals surface area contributed by atoms with Gasteiger partial charge in [0.05, 0.1) is 6.10 Å². The third-order valence-corrected chi connectivity index (χ3v) is 0.906. The summed E-state index contributed by atoms with van der Waals surface area (Å²) in [4.78, 5) is 0. The van der Waals surface area contributed by atoms with E-state index < -0.39 is 6.10 Å². The smallest absolute Gasteiger partial charge is 0.0792 e. The van der Waals surface area contributed by atoms with Gasteiger partial charge in [0, 0.05) is 0 Å². The fraction of sp³-hybridized carbons (Fsp3) is 0.500. The third kappa shape index (κ3) is 2.21. The van der Waals surface area contributed by atoms with Gasteiger partial charge in [-0.1, -0.05) is 6.58 Å². The number of aliphatic hydroxyl groups excluding tert-OH is 1. The van der Waals surface area contributed by atoms with E-state index in [1.807, 2.05) is 0 Å². The molecule has 0 spiro atoms. The van der Waals surface area contributed by atoms with Gasteiger partial charge in [-0.25, -0.2) is 0 Å². The summed E-state index contributed by atoms with van der Waals surface area (Å²) < 4.78 is 0. The highest BCUT2D eigenvalue weighted by Gasteiger charge is 1.92. The SMILES string of the molecule is C=C=C(C)C(C)O. The number of rotatable bonds is 1. The average molecular weight is 98.1 g/mol. The first-order chi connectivity index (χ1) is 3.18. The summed E-state index contributed by atoms with van der Waals surface area (Å²) in [5.41, 5.74) is 3.37. The van der Waals surface area contributed by atoms with E-state index >= 15 is 0 Å². The molecule has 0 aliphatic heterocycles. The molecule has 1 nitrogen and oxygen atoms in total. The van der Waals surface area contributed by atoms with E-state index in [2.05, 4.69) is 12.3 Å². The summed E-state index contributed by atoms with van der Waals surface area (Å²) >= 11 is 0. The van der Waals surface area contributed by atoms with Crippen LogP contribution in [0.2, 0.25) is 0 Å². The molecule has 0 radical (unpaired) electrons. The molecule has 40 valence electrons. The zero-order valence-corrected chi connectivity index (χ0v) is 4.73. The third-order valence-electron chi connectivity index (χ3n) is 0.906. The maximum absolute atomic E-state index is 8.68. The van der Waals surface area contributed by atoms with Gasteiger partial charge in [0.15, 0.2) is 0 Å². The predicted molar refractivity (Wildman–Crippen MR) is 30.0 cm³/mol. The summed E-state index contributed by atoms with van der Waals surface area (Å²) in [6.07, 6.45) is -0.391. The highest BCUT2D eigenvalue weighted by molar-refractivity contribution is 4.98. The topological polar surface area (TPSA) is 20.2 Å². The van der Waals surface area contributed by atoms with Crippen LogP contribution in [0, 0.1) is 0 Å². The molecule has 1 atom stereocenters. The Kier molecular flexibility index (Phi) is 2.42. The molecule has 0 bridgehead atoms. The van der Waals surface area contributed by atoms with Crippen LogP contribution in [0.4, 0.5) is 0 Å². The van der Waals surface area contributed by atoms with Gasteiger partial charge >= 0.3 is 0 Å². The molecule has 1 N–H and O–H groups in total. The first-order valence-electron chi connectivity index (χ1n) is 2.23. The first kappa shape index (κ1) is 6.48. The lowest BCUT2D eigenvalue weighted by Gasteiger charge is -1.96. The minimum absolute atomic E-state index is 0.391. The van der Waals surface area contributed by atoms with Crippen LogP contribution in [0.15, 0.2) is 17.9 Å². The van der Waals surface area contributed by atoms with Gasteiger partial charge in [-0.3, -0.25) is 0 Å². The zero-order chi connectivity index (χ0) is 5.86. The molecule has 0 aromatic heterocycles. The molecule has 0 aliphatic rings. The maximum Gasteiger partial charge on any atom is 0.0792 e. The summed E-state index contributed by atoms with van der Waals surface area (Å²) in [6, 6.07) is 0. The van der Waals surface area contributed by atoms with Crippen molar-refractivity contribution < 1.29 is 5.11 Å². The van der Waals surface area contributed by atoms with Crippen molar-refractivity contribution in [3.05, 3.63) is 17.9 Å². The summed E-state index contributed by atoms with van der Waals surface area (Å²) in [5, 5.41) is 8.68. The molecule has 1 heteroatoms. The van der Waals surface area contributed by atoms with Crippen LogP contribution >= 0.6 is 0 Å². The second kappa shape index (κ2) is 2.62. The summed E-state index contributed by atoms with van der Waals surface area (Å²) in [7, 11) is 0. The van der Waals surface area contributed by atoms with Gasteiger partial charge in [-0.15, -0.1) is 5.73 Å². The molecular weight excluding hydrogens is 88.1 g/mol. The highest BCUT2D eigenvalue weighted by atomic mass is 16.3. The van der Waals surface area contributed by atoms with Crippen molar-refractivity contribution in [1.29, 1.82) is 0 Å². The van der Waals surface area contributed by atoms with Crippen molar-refractivity contribution in [2.45, 2.75) is 20.0 Å². The normalized spacial score (nSPS) is 12.4. The van der Waals surface area contributed by atoms with E-state index in [0.29, 0.717) is 0 Å². The van der Waals surface area contributed by atoms with E-state index in [4.69, 9.17) is 5.11 Å². The lowest BCUT2D eigenvalue weighted by Crippen LogP contribution is -1.98. The van der Waals surface area contributed by atoms with Crippen LogP contribution in [0.5, 0.6) is 0 Å². The Morgan fingerprint density at radius 1 is 1.86 bits per heavy atom. The van der Waals surface area contributed by atoms with Crippen molar-refractivity contribution >= 4 is 0 Å². The maximum atomic E-state index is 8.68. The van der Waals surface area contributed by atoms with Crippen molar-refractivity contribution in [2.24, 2.45) is 0 Å². The summed E-state index contributed by atoms with van der Waals surface area (Å²) in [5.74, 6) is 0. The van der Waals surface area contributed by atoms with Crippen LogP contribution in [-0.4, -0.2) is 11.2 Å². The second-order valence-electron chi connectivity index (χ2n) is 1.54. The molecule has 0 rings (SSSR count). The van der Waals surface area contributed by atoms with Crippen LogP contribution in [0.25, 0.3) is 0 Å². The fourth-order valence-electron chi connectivity index (χ4n) is 0.148. The molecule has 1 unspecified atom stereocenters. The fourth-order valence-corrected chi connectivity index (χ4v) is 0.148. The Morgan fingerprint density at radius 3 is 2.29 bits per heavy atom. The van der Waals surface area contributed by atoms with Crippen molar-refractivity contribution in [3.8, 4) is 0 Å². The van der Waals surface area contributed by atoms with Crippen molar-refractivity contribution in [3.63, 3.8) is 0 Å². The lowest BCUT2D eigenvalue weighted by atomic mass is 10.2. The summed E-state index contributed by atoms with van der Waals surface area (Å²) in [6.45, 7) is 6.84. The van der Waals surface area contributed by atoms with Crippen molar-refractivity contribution in [2.75, 3.05) is 0 Å². The standard InChI is InChI=1S/C6H10O/c1-4-5(2)6(3)7/h6-7H,1H2,2-3H3. The number of hydrogen-bond acceptors (Lipinski definition) is 1. The Balaban J connectivity index is 3.81. The van der Waals surface area contributed by atoms with E-state index in [-0.39, 0.29) is 0 Å². The molecular formula is C6H10O. The second-order valence-corrected chi connectivity index (χ2v) is 1.54. The van der Waals surface area contributed by atoms with Crippen LogP contribution in [0.1, 0.15) is 13.8 Å². The minimum atomic E-state index is -0.391. The monoisotopic (exact) mass is 98.1 g/mol. The molecule has 0 heterocycles. The van der Waals surface area contributed by atoms with Gasteiger partial charge in [-0.05, 0) is 19.4 Å². The van der Waals surface area contributed by atoms with Gasteiger partial charge in [-0.2, -0.15) is 0 Å². The molecule has 0 aromatic carbocycles. The molecule has 0 fully saturated rings. The molecule has 0 saturated carbocycles. The van der Waals surface area contributed by atoms with Crippen LogP contribution in [0.3, 0.4) is 0 Å². The first-order valence-corrected chi connectivity index (χ1v) is 2.23. The zero-order valence-electron chi connectivity index (χ0n) is 4.73. The predicted octanol–water partition coefficient (Wildman–Crippen LogP) is 1.10. The number of aliphatic hydroxyl groups is 1. The van der Waals surface area contributed by atoms with E-state index in [9.17, 15) is 0 Å². The molecule has 7 heavy (non-hydrogen) atoms. The van der Waals surface area contributed by atoms with E-state index in [1.54, 1.807) is 13.8 Å². The van der Waals surface area contributed by atoms with Crippen LogP contribution in [-0.2, 0) is 0 Å². The molecule has 0 saturated heterocycles. The van der Waals surface area contributed by atoms with E-state index in [0.717, 1.165) is 5.57 Å². The molecule has 0 amide bonds. The Hall–Kier alpha value is -0.520. The Morgan fingerprint density at radius 2 is 2.29 bits per heavy atom. The minimum Gasteiger partial charge on any atom is -0.388 e. The highest BCUT2D eigenvalue weighted by Crippen LogP contribution is 1.94. The largest absolute Gasteiger partial charge is 0.388 e. The van der Waals surface area contributed by atoms with E-state index in [1.165, 1.54) is 0 Å². The van der Waals surface area contributed by atoms with Crippen molar-refractivity contribution in [1.82, 2.24) is 0 Å². The number of hydrogen-bond donors (Lipinski definition) is 1. The molecule has 0 aromatic rings. The van der Waals surface area contributed by atoms with Crippen LogP contribution < -0.4 is 0 Å². The van der Waals surface area contributed by atoms with Gasteiger partial charge < -0.3 is 5.11 Å². The quantitative estimate of drug-likeness (QED) is 0.487. The average Bonchev–Trinajstić information content (AvgIpc) is 1.65. The Labute approximate surface area is 44.0 Å². The van der Waals surface area contributed by atoms with Gasteiger partial charge in [0.25, 0.3) is 0 Å². The Bertz CT molecular complexity index is 96.7. The van der Waals surface area contributed by atoms with Gasteiger partial charge in [0.1, 0.15) is 0 Å².